The van der Waals surface area contributed by atoms with Gasteiger partial charge in [-0.2, -0.15) is 0 Å². The van der Waals surface area contributed by atoms with Crippen LogP contribution in [0.3, 0.4) is 0 Å². The second kappa shape index (κ2) is 4.90. The van der Waals surface area contributed by atoms with Crippen molar-refractivity contribution in [3.05, 3.63) is 71.5 Å². The van der Waals surface area contributed by atoms with Gasteiger partial charge in [-0.15, -0.1) is 0 Å². The van der Waals surface area contributed by atoms with Gasteiger partial charge < -0.3 is 5.73 Å². The first-order valence-electron chi connectivity index (χ1n) is 5.30. The van der Waals surface area contributed by atoms with Crippen LogP contribution < -0.4 is 5.73 Å². The lowest BCUT2D eigenvalue weighted by Crippen LogP contribution is -2.13. The number of nitrogens with two attached hydrogens (primary N) is 1. The molecule has 16 heavy (non-hydrogen) atoms. The zero-order valence-corrected chi connectivity index (χ0v) is 8.94. The maximum absolute atomic E-state index is 12.7. The minimum absolute atomic E-state index is 0.0355. The van der Waals surface area contributed by atoms with Gasteiger partial charge in [0.15, 0.2) is 0 Å². The van der Waals surface area contributed by atoms with Crippen LogP contribution in [0.15, 0.2) is 54.6 Å². The Labute approximate surface area is 94.7 Å². The summed E-state index contributed by atoms with van der Waals surface area (Å²) in [5.74, 6) is -0.211. The van der Waals surface area contributed by atoms with E-state index in [0.29, 0.717) is 0 Å². The van der Waals surface area contributed by atoms with Crippen LogP contribution in [-0.4, -0.2) is 0 Å². The lowest BCUT2D eigenvalue weighted by Gasteiger charge is -2.11. The van der Waals surface area contributed by atoms with Crippen molar-refractivity contribution in [1.29, 1.82) is 0 Å². The minimum atomic E-state index is -0.211. The molecule has 0 aliphatic rings. The van der Waals surface area contributed by atoms with Gasteiger partial charge in [0.2, 0.25) is 0 Å². The van der Waals surface area contributed by atoms with Crippen molar-refractivity contribution in [1.82, 2.24) is 0 Å². The third-order valence-electron chi connectivity index (χ3n) is 2.60. The molecule has 82 valence electrons. The second-order valence-electron chi connectivity index (χ2n) is 3.85. The van der Waals surface area contributed by atoms with E-state index < -0.39 is 0 Å². The Kier molecular flexibility index (Phi) is 3.32. The Morgan fingerprint density at radius 3 is 2.19 bits per heavy atom. The Morgan fingerprint density at radius 2 is 1.56 bits per heavy atom. The smallest absolute Gasteiger partial charge is 0.123 e. The Balaban J connectivity index is 2.08. The van der Waals surface area contributed by atoms with Gasteiger partial charge in [0.25, 0.3) is 0 Å². The maximum Gasteiger partial charge on any atom is 0.123 e. The molecule has 0 unspecified atom stereocenters. The Morgan fingerprint density at radius 1 is 0.938 bits per heavy atom. The van der Waals surface area contributed by atoms with E-state index in [0.717, 1.165) is 17.5 Å². The molecule has 0 aromatic heterocycles. The average molecular weight is 215 g/mol. The van der Waals surface area contributed by atoms with Crippen LogP contribution in [-0.2, 0) is 6.42 Å². The zero-order valence-electron chi connectivity index (χ0n) is 8.94. The van der Waals surface area contributed by atoms with Crippen LogP contribution in [0.5, 0.6) is 0 Å². The lowest BCUT2D eigenvalue weighted by molar-refractivity contribution is 0.625. The molecule has 0 saturated heterocycles. The summed E-state index contributed by atoms with van der Waals surface area (Å²) in [4.78, 5) is 0. The van der Waals surface area contributed by atoms with Gasteiger partial charge in [-0.05, 0) is 29.7 Å². The summed E-state index contributed by atoms with van der Waals surface area (Å²) in [5, 5.41) is 0. The third-order valence-corrected chi connectivity index (χ3v) is 2.60. The summed E-state index contributed by atoms with van der Waals surface area (Å²) in [7, 11) is 0. The lowest BCUT2D eigenvalue weighted by atomic mass is 10.00. The molecule has 0 saturated carbocycles. The highest BCUT2D eigenvalue weighted by molar-refractivity contribution is 5.23. The van der Waals surface area contributed by atoms with Crippen LogP contribution in [0.4, 0.5) is 4.39 Å². The van der Waals surface area contributed by atoms with Crippen LogP contribution in [0.2, 0.25) is 0 Å². The van der Waals surface area contributed by atoms with Gasteiger partial charge in [0, 0.05) is 6.04 Å². The number of halogens is 1. The van der Waals surface area contributed by atoms with Crippen LogP contribution in [0.1, 0.15) is 17.2 Å². The van der Waals surface area contributed by atoms with Crippen molar-refractivity contribution < 1.29 is 4.39 Å². The Bertz CT molecular complexity index is 436. The van der Waals surface area contributed by atoms with Gasteiger partial charge in [0.05, 0.1) is 0 Å². The summed E-state index contributed by atoms with van der Waals surface area (Å²) in [6.45, 7) is 0. The molecule has 2 rings (SSSR count). The average Bonchev–Trinajstić information content (AvgIpc) is 2.33. The molecule has 0 aliphatic carbocycles. The molecule has 0 aliphatic heterocycles. The molecule has 0 radical (unpaired) electrons. The molecule has 0 spiro atoms. The van der Waals surface area contributed by atoms with E-state index >= 15 is 0 Å². The zero-order chi connectivity index (χ0) is 11.4. The predicted octanol–water partition coefficient (Wildman–Crippen LogP) is 3.07. The van der Waals surface area contributed by atoms with Crippen molar-refractivity contribution in [2.75, 3.05) is 0 Å². The largest absolute Gasteiger partial charge is 0.324 e. The van der Waals surface area contributed by atoms with Gasteiger partial charge in [-0.25, -0.2) is 4.39 Å². The predicted molar refractivity (Wildman–Crippen MR) is 63.5 cm³/mol. The van der Waals surface area contributed by atoms with Crippen molar-refractivity contribution >= 4 is 0 Å². The van der Waals surface area contributed by atoms with E-state index in [1.54, 1.807) is 12.1 Å². The standard InChI is InChI=1S/C14H14FN/c15-13-8-6-11(7-9-13)10-14(16)12-4-2-1-3-5-12/h1-9,14H,10,16H2/t14-/m1/s1. The normalized spacial score (nSPS) is 12.4. The van der Waals surface area contributed by atoms with Crippen LogP contribution in [0.25, 0.3) is 0 Å². The van der Waals surface area contributed by atoms with Crippen molar-refractivity contribution in [3.8, 4) is 0 Å². The molecule has 2 heteroatoms. The molecule has 0 fully saturated rings. The molecule has 1 nitrogen and oxygen atoms in total. The van der Waals surface area contributed by atoms with E-state index in [-0.39, 0.29) is 11.9 Å². The topological polar surface area (TPSA) is 26.0 Å². The number of benzene rings is 2. The van der Waals surface area contributed by atoms with E-state index in [1.165, 1.54) is 12.1 Å². The summed E-state index contributed by atoms with van der Waals surface area (Å²) in [5.41, 5.74) is 8.23. The molecular weight excluding hydrogens is 201 g/mol. The molecule has 0 bridgehead atoms. The molecule has 1 atom stereocenters. The van der Waals surface area contributed by atoms with Gasteiger partial charge in [-0.3, -0.25) is 0 Å². The van der Waals surface area contributed by atoms with E-state index in [9.17, 15) is 4.39 Å². The van der Waals surface area contributed by atoms with Gasteiger partial charge in [0.1, 0.15) is 5.82 Å². The van der Waals surface area contributed by atoms with Crippen molar-refractivity contribution in [2.24, 2.45) is 5.73 Å². The minimum Gasteiger partial charge on any atom is -0.324 e. The molecule has 2 aromatic rings. The first-order valence-corrected chi connectivity index (χ1v) is 5.30. The molecular formula is C14H14FN. The fraction of sp³-hybridized carbons (Fsp3) is 0.143. The molecule has 0 amide bonds. The van der Waals surface area contributed by atoms with Crippen LogP contribution >= 0.6 is 0 Å². The first kappa shape index (κ1) is 10.8. The quantitative estimate of drug-likeness (QED) is 0.836. The van der Waals surface area contributed by atoms with Crippen molar-refractivity contribution in [3.63, 3.8) is 0 Å². The van der Waals surface area contributed by atoms with Crippen LogP contribution in [0, 0.1) is 5.82 Å². The molecule has 2 aromatic carbocycles. The fourth-order valence-corrected chi connectivity index (χ4v) is 1.69. The summed E-state index contributed by atoms with van der Waals surface area (Å²) >= 11 is 0. The van der Waals surface area contributed by atoms with Gasteiger partial charge in [-0.1, -0.05) is 42.5 Å². The number of hydrogen-bond donors (Lipinski definition) is 1. The summed E-state index contributed by atoms with van der Waals surface area (Å²) < 4.78 is 12.7. The number of rotatable bonds is 3. The SMILES string of the molecule is N[C@H](Cc1ccc(F)cc1)c1ccccc1. The summed E-state index contributed by atoms with van der Waals surface area (Å²) in [6, 6.07) is 16.4. The monoisotopic (exact) mass is 215 g/mol. The second-order valence-corrected chi connectivity index (χ2v) is 3.85. The molecule has 0 heterocycles. The highest BCUT2D eigenvalue weighted by Crippen LogP contribution is 2.15. The highest BCUT2D eigenvalue weighted by atomic mass is 19.1. The van der Waals surface area contributed by atoms with E-state index in [2.05, 4.69) is 0 Å². The first-order chi connectivity index (χ1) is 7.75. The third kappa shape index (κ3) is 2.67. The molecule has 2 N–H and O–H groups in total. The van der Waals surface area contributed by atoms with E-state index in [4.69, 9.17) is 5.73 Å². The van der Waals surface area contributed by atoms with Crippen molar-refractivity contribution in [2.45, 2.75) is 12.5 Å². The number of hydrogen-bond acceptors (Lipinski definition) is 1. The Hall–Kier alpha value is -1.67. The van der Waals surface area contributed by atoms with Gasteiger partial charge >= 0.3 is 0 Å². The van der Waals surface area contributed by atoms with E-state index in [1.807, 2.05) is 30.3 Å². The summed E-state index contributed by atoms with van der Waals surface area (Å²) in [6.07, 6.45) is 0.726. The fourth-order valence-electron chi connectivity index (χ4n) is 1.69. The highest BCUT2D eigenvalue weighted by Gasteiger charge is 2.06. The maximum atomic E-state index is 12.7.